The van der Waals surface area contributed by atoms with E-state index in [0.29, 0.717) is 5.75 Å². The van der Waals surface area contributed by atoms with Crippen LogP contribution in [0.5, 0.6) is 5.75 Å². The first-order valence-electron chi connectivity index (χ1n) is 6.23. The normalized spacial score (nSPS) is 12.3. The van der Waals surface area contributed by atoms with Gasteiger partial charge in [-0.05, 0) is 24.6 Å². The molecular formula is C15H15F3N2O. The minimum absolute atomic E-state index is 0.0699. The summed E-state index contributed by atoms with van der Waals surface area (Å²) in [6, 6.07) is 5.28. The summed E-state index contributed by atoms with van der Waals surface area (Å²) in [5.74, 6) is 3.70. The van der Waals surface area contributed by atoms with Crippen LogP contribution < -0.4 is 16.0 Å². The molecule has 6 heteroatoms. The van der Waals surface area contributed by atoms with E-state index in [1.54, 1.807) is 0 Å². The minimum atomic E-state index is -0.935. The van der Waals surface area contributed by atoms with E-state index in [4.69, 9.17) is 10.6 Å². The molecule has 1 unspecified atom stereocenters. The molecular weight excluding hydrogens is 281 g/mol. The molecule has 0 aliphatic rings. The Hall–Kier alpha value is -2.05. The van der Waals surface area contributed by atoms with Crippen molar-refractivity contribution in [2.75, 3.05) is 7.11 Å². The van der Waals surface area contributed by atoms with Crippen molar-refractivity contribution < 1.29 is 17.9 Å². The second-order valence-electron chi connectivity index (χ2n) is 4.61. The molecule has 2 aromatic rings. The summed E-state index contributed by atoms with van der Waals surface area (Å²) < 4.78 is 46.3. The van der Waals surface area contributed by atoms with Crippen LogP contribution in [0, 0.1) is 24.4 Å². The largest absolute Gasteiger partial charge is 0.497 e. The second-order valence-corrected chi connectivity index (χ2v) is 4.61. The Morgan fingerprint density at radius 2 is 1.67 bits per heavy atom. The van der Waals surface area contributed by atoms with E-state index in [2.05, 4.69) is 5.43 Å². The number of rotatable bonds is 4. The Kier molecular flexibility index (Phi) is 4.50. The average molecular weight is 296 g/mol. The molecule has 2 aromatic carbocycles. The number of methoxy groups -OCH3 is 1. The van der Waals surface area contributed by atoms with Gasteiger partial charge in [-0.2, -0.15) is 0 Å². The highest BCUT2D eigenvalue weighted by molar-refractivity contribution is 5.38. The third kappa shape index (κ3) is 3.01. The quantitative estimate of drug-likeness (QED) is 0.673. The summed E-state index contributed by atoms with van der Waals surface area (Å²) in [6.07, 6.45) is 0. The van der Waals surface area contributed by atoms with Gasteiger partial charge in [-0.25, -0.2) is 18.6 Å². The molecule has 0 saturated carbocycles. The van der Waals surface area contributed by atoms with Crippen molar-refractivity contribution in [3.8, 4) is 5.75 Å². The number of benzene rings is 2. The lowest BCUT2D eigenvalue weighted by atomic mass is 9.96. The van der Waals surface area contributed by atoms with E-state index in [1.165, 1.54) is 38.3 Å². The second kappa shape index (κ2) is 6.15. The number of halogens is 3. The van der Waals surface area contributed by atoms with Crippen LogP contribution in [0.1, 0.15) is 22.7 Å². The van der Waals surface area contributed by atoms with Gasteiger partial charge in [0.05, 0.1) is 13.2 Å². The van der Waals surface area contributed by atoms with E-state index in [0.717, 1.165) is 6.07 Å². The molecule has 0 spiro atoms. The Balaban J connectivity index is 2.52. The molecule has 21 heavy (non-hydrogen) atoms. The van der Waals surface area contributed by atoms with Gasteiger partial charge < -0.3 is 4.74 Å². The predicted octanol–water partition coefficient (Wildman–Crippen LogP) is 2.97. The van der Waals surface area contributed by atoms with Crippen LogP contribution in [0.25, 0.3) is 0 Å². The zero-order valence-corrected chi connectivity index (χ0v) is 11.6. The maximum atomic E-state index is 14.1. The number of hydrogen-bond donors (Lipinski definition) is 2. The highest BCUT2D eigenvalue weighted by atomic mass is 19.1. The van der Waals surface area contributed by atoms with E-state index in [-0.39, 0.29) is 16.7 Å². The number of ether oxygens (including phenoxy) is 1. The predicted molar refractivity (Wildman–Crippen MR) is 73.2 cm³/mol. The van der Waals surface area contributed by atoms with Crippen molar-refractivity contribution in [1.29, 1.82) is 0 Å². The summed E-state index contributed by atoms with van der Waals surface area (Å²) in [5.41, 5.74) is 2.82. The van der Waals surface area contributed by atoms with Crippen LogP contribution in [0.3, 0.4) is 0 Å². The molecule has 0 amide bonds. The number of aryl methyl sites for hydroxylation is 1. The highest BCUT2D eigenvalue weighted by Gasteiger charge is 2.21. The van der Waals surface area contributed by atoms with Gasteiger partial charge in [0.2, 0.25) is 0 Å². The molecule has 2 rings (SSSR count). The van der Waals surface area contributed by atoms with Gasteiger partial charge in [0.15, 0.2) is 0 Å². The van der Waals surface area contributed by atoms with Gasteiger partial charge in [0.25, 0.3) is 0 Å². The average Bonchev–Trinajstić information content (AvgIpc) is 2.46. The summed E-state index contributed by atoms with van der Waals surface area (Å²) >= 11 is 0. The molecule has 0 fully saturated rings. The number of hydrazine groups is 1. The molecule has 0 aliphatic heterocycles. The molecule has 3 nitrogen and oxygen atoms in total. The van der Waals surface area contributed by atoms with Crippen LogP contribution in [-0.2, 0) is 0 Å². The van der Waals surface area contributed by atoms with Crippen molar-refractivity contribution >= 4 is 0 Å². The van der Waals surface area contributed by atoms with E-state index < -0.39 is 23.5 Å². The molecule has 0 aliphatic carbocycles. The minimum Gasteiger partial charge on any atom is -0.497 e. The van der Waals surface area contributed by atoms with Crippen LogP contribution in [0.2, 0.25) is 0 Å². The van der Waals surface area contributed by atoms with Crippen LogP contribution >= 0.6 is 0 Å². The molecule has 1 atom stereocenters. The fraction of sp³-hybridized carbons (Fsp3) is 0.200. The highest BCUT2D eigenvalue weighted by Crippen LogP contribution is 2.29. The van der Waals surface area contributed by atoms with E-state index in [9.17, 15) is 13.2 Å². The van der Waals surface area contributed by atoms with E-state index in [1.807, 2.05) is 0 Å². The Morgan fingerprint density at radius 3 is 2.24 bits per heavy atom. The zero-order valence-electron chi connectivity index (χ0n) is 11.6. The van der Waals surface area contributed by atoms with Crippen molar-refractivity contribution in [2.45, 2.75) is 13.0 Å². The molecule has 0 bridgehead atoms. The zero-order chi connectivity index (χ0) is 15.6. The molecule has 0 saturated heterocycles. The molecule has 3 N–H and O–H groups in total. The molecule has 0 radical (unpaired) electrons. The van der Waals surface area contributed by atoms with Crippen LogP contribution in [-0.4, -0.2) is 7.11 Å². The van der Waals surface area contributed by atoms with Crippen LogP contribution in [0.4, 0.5) is 13.2 Å². The third-order valence-corrected chi connectivity index (χ3v) is 3.27. The summed E-state index contributed by atoms with van der Waals surface area (Å²) in [5, 5.41) is 0. The van der Waals surface area contributed by atoms with Gasteiger partial charge >= 0.3 is 0 Å². The summed E-state index contributed by atoms with van der Waals surface area (Å²) in [6.45, 7) is 1.50. The smallest absolute Gasteiger partial charge is 0.132 e. The maximum absolute atomic E-state index is 14.1. The molecule has 0 aromatic heterocycles. The molecule has 0 heterocycles. The summed E-state index contributed by atoms with van der Waals surface area (Å²) in [7, 11) is 1.41. The van der Waals surface area contributed by atoms with Crippen molar-refractivity contribution in [2.24, 2.45) is 5.84 Å². The van der Waals surface area contributed by atoms with E-state index >= 15 is 0 Å². The fourth-order valence-corrected chi connectivity index (χ4v) is 2.12. The lowest BCUT2D eigenvalue weighted by Crippen LogP contribution is -2.30. The third-order valence-electron chi connectivity index (χ3n) is 3.27. The SMILES string of the molecule is COc1ccc(C(NN)c2cc(C)c(F)cc2F)c(F)c1. The van der Waals surface area contributed by atoms with Gasteiger partial charge in [0, 0.05) is 23.3 Å². The Bertz CT molecular complexity index is 662. The standard InChI is InChI=1S/C15H15F3N2O/c1-8-5-11(14(18)7-12(8)16)15(20-19)10-4-3-9(21-2)6-13(10)17/h3-7,15,20H,19H2,1-2H3. The van der Waals surface area contributed by atoms with Gasteiger partial charge in [-0.3, -0.25) is 5.84 Å². The Morgan fingerprint density at radius 1 is 1.00 bits per heavy atom. The number of nitrogens with two attached hydrogens (primary N) is 1. The molecule has 112 valence electrons. The first kappa shape index (κ1) is 15.3. The van der Waals surface area contributed by atoms with Crippen molar-refractivity contribution in [3.63, 3.8) is 0 Å². The first-order chi connectivity index (χ1) is 9.97. The van der Waals surface area contributed by atoms with Crippen LogP contribution in [0.15, 0.2) is 30.3 Å². The number of nitrogens with one attached hydrogen (secondary N) is 1. The lowest BCUT2D eigenvalue weighted by molar-refractivity contribution is 0.409. The van der Waals surface area contributed by atoms with Crippen molar-refractivity contribution in [1.82, 2.24) is 5.43 Å². The topological polar surface area (TPSA) is 47.3 Å². The number of hydrogen-bond acceptors (Lipinski definition) is 3. The first-order valence-corrected chi connectivity index (χ1v) is 6.23. The van der Waals surface area contributed by atoms with Crippen molar-refractivity contribution in [3.05, 3.63) is 64.5 Å². The van der Waals surface area contributed by atoms with Gasteiger partial charge in [0.1, 0.15) is 23.2 Å². The Labute approximate surface area is 120 Å². The fourth-order valence-electron chi connectivity index (χ4n) is 2.12. The van der Waals surface area contributed by atoms with Gasteiger partial charge in [-0.15, -0.1) is 0 Å². The lowest BCUT2D eigenvalue weighted by Gasteiger charge is -2.19. The monoisotopic (exact) mass is 296 g/mol. The summed E-state index contributed by atoms with van der Waals surface area (Å²) in [4.78, 5) is 0. The maximum Gasteiger partial charge on any atom is 0.132 e. The van der Waals surface area contributed by atoms with Gasteiger partial charge in [-0.1, -0.05) is 6.07 Å².